The third-order valence-corrected chi connectivity index (χ3v) is 4.36. The molecule has 0 atom stereocenters. The van der Waals surface area contributed by atoms with Crippen molar-refractivity contribution in [3.8, 4) is 5.75 Å². The Morgan fingerprint density at radius 1 is 1.23 bits per heavy atom. The molecule has 1 aromatic heterocycles. The number of amides is 1. The van der Waals surface area contributed by atoms with Crippen molar-refractivity contribution in [2.45, 2.75) is 6.92 Å². The lowest BCUT2D eigenvalue weighted by atomic mass is 10.1. The Morgan fingerprint density at radius 3 is 2.74 bits per heavy atom. The smallest absolute Gasteiger partial charge is 0.250 e. The zero-order valence-electron chi connectivity index (χ0n) is 17.4. The highest BCUT2D eigenvalue weighted by atomic mass is 16.5. The maximum atomic E-state index is 11.9. The zero-order valence-corrected chi connectivity index (χ0v) is 17.4. The molecule has 3 rings (SSSR count). The standard InChI is InChI=1S/C24H23N5O2/c1-4-8-16(15-26-13-5-2)23-27-21-12-11-17(31-3)14-19(21)24(29-23)28-20-10-7-6-9-18(20)22(25)30/h4-15H,2H2,1,3H3,(H2,25,30)(H,27,28,29)/b8-4-,16-15+,26-13+. The molecule has 0 saturated carbocycles. The largest absolute Gasteiger partial charge is 0.497 e. The second kappa shape index (κ2) is 9.98. The van der Waals surface area contributed by atoms with Gasteiger partial charge in [-0.2, -0.15) is 0 Å². The van der Waals surface area contributed by atoms with Gasteiger partial charge in [-0.3, -0.25) is 9.79 Å². The number of hydrogen-bond donors (Lipinski definition) is 2. The number of hydrogen-bond acceptors (Lipinski definition) is 6. The average molecular weight is 413 g/mol. The van der Waals surface area contributed by atoms with Gasteiger partial charge in [-0.25, -0.2) is 9.97 Å². The van der Waals surface area contributed by atoms with E-state index in [1.807, 2.05) is 43.3 Å². The Bertz CT molecular complexity index is 1210. The lowest BCUT2D eigenvalue weighted by Crippen LogP contribution is -2.13. The van der Waals surface area contributed by atoms with Crippen molar-refractivity contribution in [1.82, 2.24) is 9.97 Å². The van der Waals surface area contributed by atoms with E-state index in [0.717, 1.165) is 5.39 Å². The Kier molecular flexibility index (Phi) is 6.90. The molecule has 0 radical (unpaired) electrons. The van der Waals surface area contributed by atoms with E-state index >= 15 is 0 Å². The number of aromatic nitrogens is 2. The van der Waals surface area contributed by atoms with Crippen molar-refractivity contribution in [2.24, 2.45) is 10.7 Å². The van der Waals surface area contributed by atoms with Crippen LogP contribution in [0.4, 0.5) is 11.5 Å². The first-order valence-corrected chi connectivity index (χ1v) is 9.56. The molecule has 0 bridgehead atoms. The van der Waals surface area contributed by atoms with E-state index in [-0.39, 0.29) is 0 Å². The molecule has 156 valence electrons. The maximum Gasteiger partial charge on any atom is 0.250 e. The van der Waals surface area contributed by atoms with Gasteiger partial charge < -0.3 is 15.8 Å². The summed E-state index contributed by atoms with van der Waals surface area (Å²) >= 11 is 0. The highest BCUT2D eigenvalue weighted by Gasteiger charge is 2.14. The van der Waals surface area contributed by atoms with Gasteiger partial charge in [0.2, 0.25) is 0 Å². The molecule has 0 aliphatic heterocycles. The highest BCUT2D eigenvalue weighted by Crippen LogP contribution is 2.30. The second-order valence-electron chi connectivity index (χ2n) is 6.43. The number of nitrogens with one attached hydrogen (secondary N) is 1. The minimum Gasteiger partial charge on any atom is -0.497 e. The molecule has 0 unspecified atom stereocenters. The predicted octanol–water partition coefficient (Wildman–Crippen LogP) is 4.65. The highest BCUT2D eigenvalue weighted by molar-refractivity contribution is 6.01. The Balaban J connectivity index is 2.22. The number of para-hydroxylation sites is 1. The number of benzene rings is 2. The number of primary amides is 1. The fourth-order valence-electron chi connectivity index (χ4n) is 2.93. The molecule has 31 heavy (non-hydrogen) atoms. The van der Waals surface area contributed by atoms with Crippen LogP contribution in [0.1, 0.15) is 23.1 Å². The van der Waals surface area contributed by atoms with Gasteiger partial charge in [0.25, 0.3) is 5.91 Å². The summed E-state index contributed by atoms with van der Waals surface area (Å²) in [5, 5.41) is 3.97. The Morgan fingerprint density at radius 2 is 2.03 bits per heavy atom. The van der Waals surface area contributed by atoms with Gasteiger partial charge in [0.15, 0.2) is 5.82 Å². The van der Waals surface area contributed by atoms with E-state index in [4.69, 9.17) is 20.4 Å². The number of ether oxygens (including phenoxy) is 1. The number of allylic oxidation sites excluding steroid dienone is 4. The summed E-state index contributed by atoms with van der Waals surface area (Å²) in [6.45, 7) is 5.53. The summed E-state index contributed by atoms with van der Waals surface area (Å²) in [6, 6.07) is 12.5. The fraction of sp³-hybridized carbons (Fsp3) is 0.0833. The lowest BCUT2D eigenvalue weighted by Gasteiger charge is -2.14. The van der Waals surface area contributed by atoms with Crippen LogP contribution < -0.4 is 15.8 Å². The molecule has 0 spiro atoms. The SMILES string of the molecule is C=C/C=N/C=C(\C=C/C)c1nc(Nc2ccccc2C(N)=O)c2cc(OC)ccc2n1. The van der Waals surface area contributed by atoms with Crippen LogP contribution in [-0.2, 0) is 0 Å². The van der Waals surface area contributed by atoms with E-state index in [9.17, 15) is 4.79 Å². The molecule has 7 heteroatoms. The van der Waals surface area contributed by atoms with E-state index < -0.39 is 5.91 Å². The predicted molar refractivity (Wildman–Crippen MR) is 126 cm³/mol. The number of anilines is 2. The summed E-state index contributed by atoms with van der Waals surface area (Å²) in [7, 11) is 1.59. The van der Waals surface area contributed by atoms with E-state index in [1.54, 1.807) is 43.8 Å². The number of fused-ring (bicyclic) bond motifs is 1. The quantitative estimate of drug-likeness (QED) is 0.413. The molecule has 2 aromatic carbocycles. The first kappa shape index (κ1) is 21.4. The monoisotopic (exact) mass is 413 g/mol. The fourth-order valence-corrected chi connectivity index (χ4v) is 2.93. The van der Waals surface area contributed by atoms with Gasteiger partial charge in [-0.15, -0.1) is 0 Å². The molecule has 3 N–H and O–H groups in total. The van der Waals surface area contributed by atoms with Crippen LogP contribution >= 0.6 is 0 Å². The molecule has 7 nitrogen and oxygen atoms in total. The number of carbonyl (C=O) groups is 1. The molecule has 0 fully saturated rings. The lowest BCUT2D eigenvalue weighted by molar-refractivity contribution is 0.100. The first-order chi connectivity index (χ1) is 15.1. The van der Waals surface area contributed by atoms with E-state index in [1.165, 1.54) is 0 Å². The first-order valence-electron chi connectivity index (χ1n) is 9.56. The van der Waals surface area contributed by atoms with Crippen molar-refractivity contribution < 1.29 is 9.53 Å². The molecule has 1 heterocycles. The average Bonchev–Trinajstić information content (AvgIpc) is 2.78. The van der Waals surface area contributed by atoms with Gasteiger partial charge in [0.05, 0.1) is 23.9 Å². The third-order valence-electron chi connectivity index (χ3n) is 4.36. The van der Waals surface area contributed by atoms with Gasteiger partial charge in [0, 0.05) is 23.4 Å². The van der Waals surface area contributed by atoms with E-state index in [0.29, 0.717) is 39.7 Å². The van der Waals surface area contributed by atoms with Crippen LogP contribution in [0.25, 0.3) is 16.5 Å². The summed E-state index contributed by atoms with van der Waals surface area (Å²) in [4.78, 5) is 25.5. The summed E-state index contributed by atoms with van der Waals surface area (Å²) in [6.07, 6.45) is 8.58. The summed E-state index contributed by atoms with van der Waals surface area (Å²) < 4.78 is 5.36. The van der Waals surface area contributed by atoms with Gasteiger partial charge >= 0.3 is 0 Å². The van der Waals surface area contributed by atoms with Crippen LogP contribution in [0.3, 0.4) is 0 Å². The van der Waals surface area contributed by atoms with Gasteiger partial charge in [-0.1, -0.05) is 36.9 Å². The van der Waals surface area contributed by atoms with Gasteiger partial charge in [-0.05, 0) is 37.3 Å². The molecular formula is C24H23N5O2. The number of carbonyl (C=O) groups excluding carboxylic acids is 1. The third kappa shape index (κ3) is 5.02. The summed E-state index contributed by atoms with van der Waals surface area (Å²) in [5.74, 6) is 1.11. The van der Waals surface area contributed by atoms with E-state index in [2.05, 4.69) is 16.9 Å². The normalized spacial score (nSPS) is 11.9. The van der Waals surface area contributed by atoms with Crippen molar-refractivity contribution in [1.29, 1.82) is 0 Å². The van der Waals surface area contributed by atoms with Crippen LogP contribution in [0.2, 0.25) is 0 Å². The minimum atomic E-state index is -0.535. The molecule has 0 aliphatic carbocycles. The van der Waals surface area contributed by atoms with Crippen molar-refractivity contribution >= 4 is 40.1 Å². The topological polar surface area (TPSA) is 102 Å². The Hall–Kier alpha value is -4.26. The molecule has 3 aromatic rings. The van der Waals surface area contributed by atoms with Crippen LogP contribution in [0.15, 0.2) is 78.5 Å². The molecule has 1 amide bonds. The van der Waals surface area contributed by atoms with Gasteiger partial charge in [0.1, 0.15) is 11.6 Å². The molecular weight excluding hydrogens is 390 g/mol. The molecule has 0 aliphatic rings. The zero-order chi connectivity index (χ0) is 22.2. The second-order valence-corrected chi connectivity index (χ2v) is 6.43. The van der Waals surface area contributed by atoms with Crippen molar-refractivity contribution in [3.05, 3.63) is 84.9 Å². The maximum absolute atomic E-state index is 11.9. The summed E-state index contributed by atoms with van der Waals surface area (Å²) in [5.41, 5.74) is 7.86. The number of aliphatic imine (C=N–C) groups is 1. The number of methoxy groups -OCH3 is 1. The number of nitrogens with two attached hydrogens (primary N) is 1. The van der Waals surface area contributed by atoms with Crippen molar-refractivity contribution in [3.63, 3.8) is 0 Å². The number of nitrogens with zero attached hydrogens (tertiary/aromatic N) is 3. The number of rotatable bonds is 8. The minimum absolute atomic E-state index is 0.360. The Labute approximate surface area is 180 Å². The van der Waals surface area contributed by atoms with Crippen LogP contribution in [-0.4, -0.2) is 29.2 Å². The van der Waals surface area contributed by atoms with Crippen LogP contribution in [0, 0.1) is 0 Å². The molecule has 0 saturated heterocycles. The van der Waals surface area contributed by atoms with Crippen LogP contribution in [0.5, 0.6) is 5.75 Å². The van der Waals surface area contributed by atoms with Crippen molar-refractivity contribution in [2.75, 3.05) is 12.4 Å².